The fourth-order valence-corrected chi connectivity index (χ4v) is 3.59. The third-order valence-electron chi connectivity index (χ3n) is 3.75. The molecule has 0 aliphatic rings. The number of halogens is 1. The van der Waals surface area contributed by atoms with Crippen LogP contribution < -0.4 is 5.32 Å². The molecule has 140 valence electrons. The molecule has 28 heavy (non-hydrogen) atoms. The Bertz CT molecular complexity index is 1050. The SMILES string of the molecule is CCOC(=O)c1ccc(N/C=C(\C#N)c2nc(-c3cccc(Br)c3)cs2)cc1. The highest BCUT2D eigenvalue weighted by Gasteiger charge is 2.10. The number of hydrogen-bond acceptors (Lipinski definition) is 6. The van der Waals surface area contributed by atoms with Crippen LogP contribution in [0.4, 0.5) is 5.69 Å². The summed E-state index contributed by atoms with van der Waals surface area (Å²) in [5, 5.41) is 15.1. The number of carbonyl (C=O) groups is 1. The summed E-state index contributed by atoms with van der Waals surface area (Å²) >= 11 is 4.87. The van der Waals surface area contributed by atoms with E-state index in [-0.39, 0.29) is 5.97 Å². The predicted octanol–water partition coefficient (Wildman–Crippen LogP) is 5.73. The molecule has 0 spiro atoms. The van der Waals surface area contributed by atoms with Crippen molar-refractivity contribution in [3.05, 3.63) is 75.2 Å². The van der Waals surface area contributed by atoms with E-state index < -0.39 is 0 Å². The van der Waals surface area contributed by atoms with Crippen LogP contribution in [0.2, 0.25) is 0 Å². The number of rotatable bonds is 6. The maximum Gasteiger partial charge on any atom is 0.338 e. The van der Waals surface area contributed by atoms with E-state index in [4.69, 9.17) is 4.74 Å². The van der Waals surface area contributed by atoms with E-state index in [1.54, 1.807) is 37.4 Å². The Balaban J connectivity index is 1.74. The number of anilines is 1. The van der Waals surface area contributed by atoms with Gasteiger partial charge in [-0.3, -0.25) is 0 Å². The first-order valence-corrected chi connectivity index (χ1v) is 10.1. The first kappa shape index (κ1) is 19.8. The summed E-state index contributed by atoms with van der Waals surface area (Å²) in [5.41, 5.74) is 3.47. The number of nitrogens with one attached hydrogen (secondary N) is 1. The third kappa shape index (κ3) is 4.85. The van der Waals surface area contributed by atoms with Gasteiger partial charge in [-0.25, -0.2) is 9.78 Å². The lowest BCUT2D eigenvalue weighted by Gasteiger charge is -2.04. The molecule has 0 radical (unpaired) electrons. The van der Waals surface area contributed by atoms with Gasteiger partial charge in [0.2, 0.25) is 0 Å². The average Bonchev–Trinajstić information content (AvgIpc) is 3.19. The van der Waals surface area contributed by atoms with E-state index in [0.29, 0.717) is 22.8 Å². The van der Waals surface area contributed by atoms with Crippen LogP contribution in [0.25, 0.3) is 16.8 Å². The van der Waals surface area contributed by atoms with Crippen molar-refractivity contribution in [1.29, 1.82) is 5.26 Å². The summed E-state index contributed by atoms with van der Waals surface area (Å²) in [6, 6.07) is 16.9. The van der Waals surface area contributed by atoms with Gasteiger partial charge in [-0.15, -0.1) is 11.3 Å². The molecular formula is C21H16BrN3O2S. The van der Waals surface area contributed by atoms with Crippen molar-refractivity contribution >= 4 is 44.5 Å². The van der Waals surface area contributed by atoms with Crippen LogP contribution in [-0.4, -0.2) is 17.6 Å². The Labute approximate surface area is 175 Å². The van der Waals surface area contributed by atoms with Gasteiger partial charge < -0.3 is 10.1 Å². The molecule has 3 aromatic rings. The molecule has 3 rings (SSSR count). The maximum atomic E-state index is 11.7. The van der Waals surface area contributed by atoms with E-state index in [2.05, 4.69) is 32.3 Å². The summed E-state index contributed by atoms with van der Waals surface area (Å²) in [5.74, 6) is -0.356. The van der Waals surface area contributed by atoms with E-state index in [9.17, 15) is 10.1 Å². The molecule has 1 N–H and O–H groups in total. The van der Waals surface area contributed by atoms with Crippen LogP contribution in [0.1, 0.15) is 22.3 Å². The molecule has 1 aromatic heterocycles. The Morgan fingerprint density at radius 3 is 2.79 bits per heavy atom. The Morgan fingerprint density at radius 1 is 1.32 bits per heavy atom. The lowest BCUT2D eigenvalue weighted by atomic mass is 10.2. The van der Waals surface area contributed by atoms with Gasteiger partial charge in [-0.05, 0) is 43.3 Å². The van der Waals surface area contributed by atoms with E-state index in [0.717, 1.165) is 21.4 Å². The standard InChI is InChI=1S/C21H16BrN3O2S/c1-2-27-21(26)14-6-8-18(9-7-14)24-12-16(11-23)20-25-19(13-28-20)15-4-3-5-17(22)10-15/h3-10,12-13,24H,2H2,1H3/b16-12+. The second kappa shape index (κ2) is 9.31. The van der Waals surface area contributed by atoms with Crippen molar-refractivity contribution in [3.8, 4) is 17.3 Å². The molecule has 0 aliphatic carbocycles. The van der Waals surface area contributed by atoms with Gasteiger partial charge in [0.1, 0.15) is 16.6 Å². The summed E-state index contributed by atoms with van der Waals surface area (Å²) in [7, 11) is 0. The number of carbonyl (C=O) groups excluding carboxylic acids is 1. The maximum absolute atomic E-state index is 11.7. The Kier molecular flexibility index (Phi) is 6.58. The van der Waals surface area contributed by atoms with Crippen LogP contribution >= 0.6 is 27.3 Å². The van der Waals surface area contributed by atoms with Crippen LogP contribution in [0, 0.1) is 11.3 Å². The summed E-state index contributed by atoms with van der Waals surface area (Å²) < 4.78 is 5.94. The summed E-state index contributed by atoms with van der Waals surface area (Å²) in [6.07, 6.45) is 1.61. The van der Waals surface area contributed by atoms with Crippen molar-refractivity contribution in [2.45, 2.75) is 6.92 Å². The fourth-order valence-electron chi connectivity index (χ4n) is 2.39. The van der Waals surface area contributed by atoms with Gasteiger partial charge in [0.05, 0.1) is 17.9 Å². The normalized spacial score (nSPS) is 11.0. The summed E-state index contributed by atoms with van der Waals surface area (Å²) in [4.78, 5) is 16.3. The van der Waals surface area contributed by atoms with Gasteiger partial charge >= 0.3 is 5.97 Å². The molecule has 5 nitrogen and oxygen atoms in total. The smallest absolute Gasteiger partial charge is 0.338 e. The highest BCUT2D eigenvalue weighted by molar-refractivity contribution is 9.10. The zero-order valence-electron chi connectivity index (χ0n) is 15.0. The van der Waals surface area contributed by atoms with Crippen molar-refractivity contribution in [2.24, 2.45) is 0 Å². The summed E-state index contributed by atoms with van der Waals surface area (Å²) in [6.45, 7) is 2.10. The lowest BCUT2D eigenvalue weighted by Crippen LogP contribution is -2.04. The van der Waals surface area contributed by atoms with Crippen molar-refractivity contribution in [1.82, 2.24) is 4.98 Å². The highest BCUT2D eigenvalue weighted by atomic mass is 79.9. The minimum atomic E-state index is -0.356. The molecule has 0 fully saturated rings. The Morgan fingerprint density at radius 2 is 2.11 bits per heavy atom. The molecule has 0 amide bonds. The molecule has 1 heterocycles. The number of nitrogens with zero attached hydrogens (tertiary/aromatic N) is 2. The fraction of sp³-hybridized carbons (Fsp3) is 0.0952. The number of benzene rings is 2. The monoisotopic (exact) mass is 453 g/mol. The van der Waals surface area contributed by atoms with E-state index >= 15 is 0 Å². The van der Waals surface area contributed by atoms with Crippen molar-refractivity contribution in [2.75, 3.05) is 11.9 Å². The zero-order valence-corrected chi connectivity index (χ0v) is 17.4. The number of esters is 1. The number of hydrogen-bond donors (Lipinski definition) is 1. The van der Waals surface area contributed by atoms with Crippen LogP contribution in [0.5, 0.6) is 0 Å². The quantitative estimate of drug-likeness (QED) is 0.381. The van der Waals surface area contributed by atoms with Crippen molar-refractivity contribution < 1.29 is 9.53 Å². The minimum Gasteiger partial charge on any atom is -0.462 e. The average molecular weight is 454 g/mol. The molecule has 0 aliphatic heterocycles. The van der Waals surface area contributed by atoms with Gasteiger partial charge in [-0.1, -0.05) is 28.1 Å². The minimum absolute atomic E-state index is 0.336. The van der Waals surface area contributed by atoms with Gasteiger partial charge in [0, 0.05) is 27.3 Å². The molecule has 0 unspecified atom stereocenters. The number of aromatic nitrogens is 1. The number of ether oxygens (including phenoxy) is 1. The number of allylic oxidation sites excluding steroid dienone is 1. The Hall–Kier alpha value is -2.95. The van der Waals surface area contributed by atoms with Gasteiger partial charge in [0.25, 0.3) is 0 Å². The molecule has 7 heteroatoms. The molecule has 0 atom stereocenters. The second-order valence-electron chi connectivity index (χ2n) is 5.66. The van der Waals surface area contributed by atoms with E-state index in [1.165, 1.54) is 11.3 Å². The van der Waals surface area contributed by atoms with Crippen molar-refractivity contribution in [3.63, 3.8) is 0 Å². The lowest BCUT2D eigenvalue weighted by molar-refractivity contribution is 0.0526. The van der Waals surface area contributed by atoms with Gasteiger partial charge in [-0.2, -0.15) is 5.26 Å². The van der Waals surface area contributed by atoms with E-state index in [1.807, 2.05) is 29.6 Å². The topological polar surface area (TPSA) is 75.0 Å². The molecule has 0 saturated carbocycles. The number of nitriles is 1. The zero-order chi connectivity index (χ0) is 19.9. The molecule has 0 saturated heterocycles. The molecule has 0 bridgehead atoms. The van der Waals surface area contributed by atoms with Crippen LogP contribution in [-0.2, 0) is 4.74 Å². The third-order valence-corrected chi connectivity index (χ3v) is 5.12. The highest BCUT2D eigenvalue weighted by Crippen LogP contribution is 2.27. The largest absolute Gasteiger partial charge is 0.462 e. The first-order valence-electron chi connectivity index (χ1n) is 8.46. The van der Waals surface area contributed by atoms with Crippen LogP contribution in [0.3, 0.4) is 0 Å². The molecular weight excluding hydrogens is 438 g/mol. The predicted molar refractivity (Wildman–Crippen MR) is 115 cm³/mol. The second-order valence-corrected chi connectivity index (χ2v) is 7.43. The van der Waals surface area contributed by atoms with Crippen LogP contribution in [0.15, 0.2) is 64.6 Å². The first-order chi connectivity index (χ1) is 13.6. The number of thiazole rings is 1. The van der Waals surface area contributed by atoms with Gasteiger partial charge in [0.15, 0.2) is 0 Å². The molecule has 2 aromatic carbocycles.